The van der Waals surface area contributed by atoms with E-state index in [4.69, 9.17) is 5.73 Å². The normalized spacial score (nSPS) is 11.3. The Balaban J connectivity index is 2.01. The van der Waals surface area contributed by atoms with E-state index in [0.717, 1.165) is 10.5 Å². The van der Waals surface area contributed by atoms with Gasteiger partial charge in [0.05, 0.1) is 12.2 Å². The molecule has 38 heavy (non-hydrogen) atoms. The lowest BCUT2D eigenvalue weighted by Gasteiger charge is -2.18. The number of anilines is 3. The number of hydrogen-bond donors (Lipinski definition) is 3. The van der Waals surface area contributed by atoms with Crippen LogP contribution < -0.4 is 21.3 Å². The van der Waals surface area contributed by atoms with Crippen LogP contribution in [0.4, 0.5) is 21.7 Å². The Morgan fingerprint density at radius 2 is 1.82 bits per heavy atom. The molecule has 2 aromatic rings. The third-order valence-electron chi connectivity index (χ3n) is 5.43. The summed E-state index contributed by atoms with van der Waals surface area (Å²) in [7, 11) is 8.58. The van der Waals surface area contributed by atoms with Gasteiger partial charge in [-0.05, 0) is 50.7 Å². The molecule has 0 saturated carbocycles. The quantitative estimate of drug-likeness (QED) is 0.333. The number of aromatic nitrogens is 2. The molecule has 0 atom stereocenters. The van der Waals surface area contributed by atoms with Gasteiger partial charge < -0.3 is 31.1 Å². The van der Waals surface area contributed by atoms with Crippen molar-refractivity contribution in [2.45, 2.75) is 19.8 Å². The number of benzene rings is 1. The monoisotopic (exact) mass is 528 g/mol. The fraction of sp³-hybridized carbons (Fsp3) is 0.423. The van der Waals surface area contributed by atoms with Crippen molar-refractivity contribution < 1.29 is 18.8 Å². The molecule has 206 valence electrons. The highest BCUT2D eigenvalue weighted by molar-refractivity contribution is 5.96. The van der Waals surface area contributed by atoms with E-state index < -0.39 is 23.5 Å². The first-order chi connectivity index (χ1) is 17.9. The number of carbonyl (C=O) groups is 3. The largest absolute Gasteiger partial charge is 0.364 e. The SMILES string of the molecule is CCc1nc(C(N)=O)c(Nc2cccc(CCNC(=O)CN(C)C(=O)/C(F)=C/CN(C)C)c2)nc1N(C)C. The Hall–Kier alpha value is -4.06. The predicted octanol–water partition coefficient (Wildman–Crippen LogP) is 1.48. The average Bonchev–Trinajstić information content (AvgIpc) is 2.86. The van der Waals surface area contributed by atoms with Crippen molar-refractivity contribution in [2.75, 3.05) is 65.1 Å². The fourth-order valence-electron chi connectivity index (χ4n) is 3.48. The third kappa shape index (κ3) is 8.80. The van der Waals surface area contributed by atoms with Crippen molar-refractivity contribution in [3.8, 4) is 0 Å². The zero-order valence-electron chi connectivity index (χ0n) is 22.8. The van der Waals surface area contributed by atoms with E-state index in [1.807, 2.05) is 50.2 Å². The number of amides is 3. The van der Waals surface area contributed by atoms with Crippen LogP contribution in [-0.4, -0.2) is 92.4 Å². The van der Waals surface area contributed by atoms with E-state index in [1.54, 1.807) is 19.0 Å². The number of likely N-dealkylation sites (N-methyl/N-ethyl adjacent to an activating group) is 2. The summed E-state index contributed by atoms with van der Waals surface area (Å²) in [4.78, 5) is 49.9. The van der Waals surface area contributed by atoms with Crippen LogP contribution in [-0.2, 0) is 22.4 Å². The standard InChI is InChI=1S/C26H37FN8O3/c1-7-20-25(34(4)5)32-24(22(31-20)23(28)37)30-18-10-8-9-17(15-18)11-13-29-21(36)16-35(6)26(38)19(27)12-14-33(2)3/h8-10,12,15H,7,11,13-14,16H2,1-6H3,(H2,28,37)(H,29,36)(H,30,32)/b19-12-. The van der Waals surface area contributed by atoms with Crippen molar-refractivity contribution in [1.82, 2.24) is 25.1 Å². The first-order valence-corrected chi connectivity index (χ1v) is 12.2. The molecule has 11 nitrogen and oxygen atoms in total. The molecule has 0 aliphatic rings. The molecular weight excluding hydrogens is 491 g/mol. The molecule has 1 heterocycles. The summed E-state index contributed by atoms with van der Waals surface area (Å²) in [6.07, 6.45) is 2.27. The van der Waals surface area contributed by atoms with Crippen molar-refractivity contribution >= 4 is 35.0 Å². The van der Waals surface area contributed by atoms with Crippen LogP contribution in [0.5, 0.6) is 0 Å². The minimum atomic E-state index is -0.899. The molecule has 1 aromatic heterocycles. The number of rotatable bonds is 13. The summed E-state index contributed by atoms with van der Waals surface area (Å²) in [6, 6.07) is 7.40. The third-order valence-corrected chi connectivity index (χ3v) is 5.43. The Morgan fingerprint density at radius 1 is 1.11 bits per heavy atom. The summed E-state index contributed by atoms with van der Waals surface area (Å²) in [5, 5.41) is 5.87. The number of aryl methyl sites for hydroxylation is 1. The second-order valence-electron chi connectivity index (χ2n) is 9.20. The minimum Gasteiger partial charge on any atom is -0.364 e. The number of nitrogens with two attached hydrogens (primary N) is 1. The number of hydrogen-bond acceptors (Lipinski definition) is 8. The van der Waals surface area contributed by atoms with Crippen LogP contribution in [0.2, 0.25) is 0 Å². The molecule has 3 amide bonds. The van der Waals surface area contributed by atoms with Gasteiger partial charge >= 0.3 is 0 Å². The zero-order chi connectivity index (χ0) is 28.4. The van der Waals surface area contributed by atoms with E-state index in [-0.39, 0.29) is 24.6 Å². The summed E-state index contributed by atoms with van der Waals surface area (Å²) < 4.78 is 14.0. The molecule has 0 unspecified atom stereocenters. The minimum absolute atomic E-state index is 0.0526. The van der Waals surface area contributed by atoms with Gasteiger partial charge in [-0.1, -0.05) is 19.1 Å². The Morgan fingerprint density at radius 3 is 2.42 bits per heavy atom. The van der Waals surface area contributed by atoms with E-state index in [0.29, 0.717) is 36.6 Å². The Bertz CT molecular complexity index is 1180. The molecule has 12 heteroatoms. The summed E-state index contributed by atoms with van der Waals surface area (Å²) >= 11 is 0. The highest BCUT2D eigenvalue weighted by atomic mass is 19.1. The second kappa shape index (κ2) is 14.0. The van der Waals surface area contributed by atoms with E-state index in [2.05, 4.69) is 20.6 Å². The van der Waals surface area contributed by atoms with Gasteiger partial charge in [-0.3, -0.25) is 14.4 Å². The number of carbonyl (C=O) groups excluding carboxylic acids is 3. The molecule has 1 aromatic carbocycles. The highest BCUT2D eigenvalue weighted by Crippen LogP contribution is 2.24. The van der Waals surface area contributed by atoms with Gasteiger partial charge in [-0.15, -0.1) is 0 Å². The molecule has 0 spiro atoms. The van der Waals surface area contributed by atoms with Crippen molar-refractivity contribution in [3.63, 3.8) is 0 Å². The summed E-state index contributed by atoms with van der Waals surface area (Å²) in [5.74, 6) is -1.94. The number of halogens is 1. The van der Waals surface area contributed by atoms with Crippen LogP contribution in [0.25, 0.3) is 0 Å². The maximum atomic E-state index is 14.0. The molecular formula is C26H37FN8O3. The van der Waals surface area contributed by atoms with Gasteiger partial charge in [0.2, 0.25) is 5.91 Å². The zero-order valence-corrected chi connectivity index (χ0v) is 22.8. The Kier molecular flexibility index (Phi) is 11.1. The van der Waals surface area contributed by atoms with Crippen LogP contribution in [0.15, 0.2) is 36.2 Å². The molecule has 0 aliphatic heterocycles. The maximum absolute atomic E-state index is 14.0. The molecule has 0 fully saturated rings. The summed E-state index contributed by atoms with van der Waals surface area (Å²) in [5.41, 5.74) is 7.85. The number of primary amides is 1. The lowest BCUT2D eigenvalue weighted by atomic mass is 10.1. The van der Waals surface area contributed by atoms with E-state index in [9.17, 15) is 18.8 Å². The number of nitrogens with zero attached hydrogens (tertiary/aromatic N) is 5. The molecule has 0 saturated heterocycles. The topological polar surface area (TPSA) is 137 Å². The van der Waals surface area contributed by atoms with E-state index in [1.165, 1.54) is 13.1 Å². The van der Waals surface area contributed by atoms with E-state index >= 15 is 0 Å². The first kappa shape index (κ1) is 30.2. The second-order valence-corrected chi connectivity index (χ2v) is 9.20. The molecule has 2 rings (SSSR count). The summed E-state index contributed by atoms with van der Waals surface area (Å²) in [6.45, 7) is 2.25. The van der Waals surface area contributed by atoms with Gasteiger partial charge in [0.1, 0.15) is 0 Å². The molecule has 4 N–H and O–H groups in total. The van der Waals surface area contributed by atoms with Crippen LogP contribution >= 0.6 is 0 Å². The smallest absolute Gasteiger partial charge is 0.282 e. The molecule has 0 radical (unpaired) electrons. The molecule has 0 aliphatic carbocycles. The Labute approximate surface area is 222 Å². The van der Waals surface area contributed by atoms with Gasteiger partial charge in [-0.25, -0.2) is 14.4 Å². The highest BCUT2D eigenvalue weighted by Gasteiger charge is 2.19. The van der Waals surface area contributed by atoms with Crippen LogP contribution in [0.1, 0.15) is 28.7 Å². The van der Waals surface area contributed by atoms with Crippen LogP contribution in [0.3, 0.4) is 0 Å². The predicted molar refractivity (Wildman–Crippen MR) is 146 cm³/mol. The van der Waals surface area contributed by atoms with Gasteiger partial charge in [-0.2, -0.15) is 0 Å². The van der Waals surface area contributed by atoms with Crippen LogP contribution in [0, 0.1) is 0 Å². The van der Waals surface area contributed by atoms with Gasteiger partial charge in [0, 0.05) is 39.9 Å². The van der Waals surface area contributed by atoms with Gasteiger partial charge in [0.25, 0.3) is 11.8 Å². The average molecular weight is 529 g/mol. The lowest BCUT2D eigenvalue weighted by Crippen LogP contribution is -2.39. The maximum Gasteiger partial charge on any atom is 0.282 e. The van der Waals surface area contributed by atoms with Gasteiger partial charge in [0.15, 0.2) is 23.2 Å². The van der Waals surface area contributed by atoms with Crippen molar-refractivity contribution in [1.29, 1.82) is 0 Å². The van der Waals surface area contributed by atoms with Crippen molar-refractivity contribution in [2.24, 2.45) is 5.73 Å². The number of nitrogens with one attached hydrogen (secondary N) is 2. The fourth-order valence-corrected chi connectivity index (χ4v) is 3.48. The first-order valence-electron chi connectivity index (χ1n) is 12.2. The lowest BCUT2D eigenvalue weighted by molar-refractivity contribution is -0.132. The molecule has 0 bridgehead atoms. The van der Waals surface area contributed by atoms with Crippen molar-refractivity contribution in [3.05, 3.63) is 53.1 Å².